The summed E-state index contributed by atoms with van der Waals surface area (Å²) >= 11 is 0. The molecule has 2 N–H and O–H groups in total. The minimum Gasteiger partial charge on any atom is -0.342 e. The molecular formula is C26H32N3O6PS. The molecule has 0 fully saturated rings. The number of benzene rings is 2. The summed E-state index contributed by atoms with van der Waals surface area (Å²) < 4.78 is 49.1. The van der Waals surface area contributed by atoms with Crippen LogP contribution in [0.5, 0.6) is 0 Å². The Balaban J connectivity index is 1.80. The lowest BCUT2D eigenvalue weighted by molar-refractivity contribution is -0.125. The van der Waals surface area contributed by atoms with Crippen molar-refractivity contribution in [2.24, 2.45) is 16.6 Å². The van der Waals surface area contributed by atoms with Crippen molar-refractivity contribution in [3.05, 3.63) is 53.6 Å². The van der Waals surface area contributed by atoms with Crippen molar-refractivity contribution in [3.8, 4) is 0 Å². The Labute approximate surface area is 217 Å². The highest BCUT2D eigenvalue weighted by atomic mass is 32.2. The zero-order valence-electron chi connectivity index (χ0n) is 21.6. The van der Waals surface area contributed by atoms with E-state index in [2.05, 4.69) is 28.6 Å². The van der Waals surface area contributed by atoms with E-state index in [0.717, 1.165) is 19.1 Å². The van der Waals surface area contributed by atoms with Crippen molar-refractivity contribution < 1.29 is 27.1 Å². The number of rotatable bonds is 8. The van der Waals surface area contributed by atoms with Crippen molar-refractivity contribution in [1.82, 2.24) is 0 Å². The van der Waals surface area contributed by atoms with E-state index in [1.54, 1.807) is 12.1 Å². The first-order chi connectivity index (χ1) is 17.3. The molecule has 198 valence electrons. The standard InChI is InChI=1S/C26H32N3O6PS/c1-6-16(2)13-14-26(3)19-10-8-7-9-18(19)23(30)22(24(26)31)25-27-20-12-11-17(29-37(5,33)34)15-21(20)36(32,28-25)35-4/h7-12,15-16,22,29H,6,13-14H2,1-5H3,(H,27,28,32). The van der Waals surface area contributed by atoms with Gasteiger partial charge in [0.15, 0.2) is 11.6 Å². The summed E-state index contributed by atoms with van der Waals surface area (Å²) in [6, 6.07) is 11.5. The monoisotopic (exact) mass is 545 g/mol. The number of amidine groups is 1. The van der Waals surface area contributed by atoms with E-state index >= 15 is 0 Å². The molecule has 0 saturated heterocycles. The van der Waals surface area contributed by atoms with E-state index in [0.29, 0.717) is 29.2 Å². The van der Waals surface area contributed by atoms with Crippen LogP contribution in [0.3, 0.4) is 0 Å². The van der Waals surface area contributed by atoms with Crippen LogP contribution in [-0.2, 0) is 29.3 Å². The molecule has 0 radical (unpaired) electrons. The van der Waals surface area contributed by atoms with E-state index < -0.39 is 34.7 Å². The topological polar surface area (TPSA) is 131 Å². The number of nitrogens with zero attached hydrogens (tertiary/aromatic N) is 1. The number of Topliss-reactive ketones (excluding diaryl/α,β-unsaturated/α-hetero) is 2. The van der Waals surface area contributed by atoms with Crippen LogP contribution in [-0.4, -0.2) is 39.2 Å². The fraction of sp³-hybridized carbons (Fsp3) is 0.423. The maximum Gasteiger partial charge on any atom is 0.348 e. The van der Waals surface area contributed by atoms with Crippen molar-refractivity contribution in [1.29, 1.82) is 0 Å². The van der Waals surface area contributed by atoms with Gasteiger partial charge in [0.2, 0.25) is 10.0 Å². The van der Waals surface area contributed by atoms with E-state index in [1.807, 2.05) is 19.1 Å². The molecule has 2 aromatic carbocycles. The predicted molar refractivity (Wildman–Crippen MR) is 146 cm³/mol. The van der Waals surface area contributed by atoms with E-state index in [4.69, 9.17) is 4.52 Å². The number of fused-ring (bicyclic) bond motifs is 2. The number of hydrogen-bond acceptors (Lipinski definition) is 7. The van der Waals surface area contributed by atoms with Gasteiger partial charge in [0.05, 0.1) is 22.7 Å². The predicted octanol–water partition coefficient (Wildman–Crippen LogP) is 4.51. The first-order valence-corrected chi connectivity index (χ1v) is 15.6. The molecule has 1 heterocycles. The van der Waals surface area contributed by atoms with E-state index in [9.17, 15) is 22.6 Å². The van der Waals surface area contributed by atoms with Crippen LogP contribution in [0, 0.1) is 11.8 Å². The molecule has 4 atom stereocenters. The van der Waals surface area contributed by atoms with Crippen molar-refractivity contribution in [2.45, 2.75) is 45.4 Å². The summed E-state index contributed by atoms with van der Waals surface area (Å²) in [5.41, 5.74) is 0.746. The maximum absolute atomic E-state index is 14.1. The third-order valence-corrected chi connectivity index (χ3v) is 9.88. The summed E-state index contributed by atoms with van der Waals surface area (Å²) in [5.74, 6) is -1.60. The molecule has 0 saturated carbocycles. The van der Waals surface area contributed by atoms with Gasteiger partial charge in [0, 0.05) is 18.4 Å². The van der Waals surface area contributed by atoms with Gasteiger partial charge in [-0.05, 0) is 49.4 Å². The highest BCUT2D eigenvalue weighted by Gasteiger charge is 2.52. The fourth-order valence-corrected chi connectivity index (χ4v) is 7.05. The van der Waals surface area contributed by atoms with Gasteiger partial charge in [-0.2, -0.15) is 4.76 Å². The summed E-state index contributed by atoms with van der Waals surface area (Å²) in [6.45, 7) is 6.11. The molecule has 0 amide bonds. The first kappa shape index (κ1) is 27.2. The van der Waals surface area contributed by atoms with Crippen LogP contribution < -0.4 is 15.3 Å². The van der Waals surface area contributed by atoms with Gasteiger partial charge in [-0.1, -0.05) is 44.5 Å². The maximum atomic E-state index is 14.1. The lowest BCUT2D eigenvalue weighted by Gasteiger charge is -2.39. The van der Waals surface area contributed by atoms with Crippen LogP contribution >= 0.6 is 7.52 Å². The normalized spacial score (nSPS) is 26.0. The molecule has 1 aliphatic heterocycles. The first-order valence-electron chi connectivity index (χ1n) is 12.2. The molecule has 0 aromatic heterocycles. The number of ketones is 2. The molecule has 9 nitrogen and oxygen atoms in total. The Kier molecular flexibility index (Phi) is 7.22. The number of sulfonamides is 1. The third-order valence-electron chi connectivity index (χ3n) is 7.32. The van der Waals surface area contributed by atoms with Gasteiger partial charge in [-0.25, -0.2) is 8.42 Å². The third kappa shape index (κ3) is 5.02. The van der Waals surface area contributed by atoms with Gasteiger partial charge in [-0.3, -0.25) is 18.9 Å². The Morgan fingerprint density at radius 2 is 1.92 bits per heavy atom. The number of anilines is 2. The SMILES string of the molecule is CCC(C)CCC1(C)C(=O)C(C2=NP(=O)(OC)c3cc(NS(C)(=O)=O)ccc3N2)C(=O)c2ccccc21. The average Bonchev–Trinajstić information content (AvgIpc) is 2.86. The highest BCUT2D eigenvalue weighted by Crippen LogP contribution is 2.52. The molecule has 11 heteroatoms. The largest absolute Gasteiger partial charge is 0.348 e. The Bertz CT molecular complexity index is 1450. The van der Waals surface area contributed by atoms with Crippen molar-refractivity contribution in [2.75, 3.05) is 23.4 Å². The molecule has 4 rings (SSSR count). The lowest BCUT2D eigenvalue weighted by atomic mass is 9.63. The number of carbonyl (C=O) groups is 2. The second-order valence-corrected chi connectivity index (χ2v) is 13.8. The minimum absolute atomic E-state index is 0.0271. The van der Waals surface area contributed by atoms with Gasteiger partial charge in [0.25, 0.3) is 0 Å². The van der Waals surface area contributed by atoms with Gasteiger partial charge in [0.1, 0.15) is 11.8 Å². The molecular weight excluding hydrogens is 513 g/mol. The van der Waals surface area contributed by atoms with E-state index in [1.165, 1.54) is 25.3 Å². The second-order valence-electron chi connectivity index (χ2n) is 10.0. The molecule has 4 unspecified atom stereocenters. The van der Waals surface area contributed by atoms with Crippen molar-refractivity contribution >= 4 is 51.6 Å². The molecule has 37 heavy (non-hydrogen) atoms. The molecule has 0 bridgehead atoms. The van der Waals surface area contributed by atoms with Crippen LogP contribution in [0.1, 0.15) is 56.0 Å². The zero-order chi connectivity index (χ0) is 27.2. The van der Waals surface area contributed by atoms with Crippen LogP contribution in [0.15, 0.2) is 47.2 Å². The highest BCUT2D eigenvalue weighted by molar-refractivity contribution is 7.92. The van der Waals surface area contributed by atoms with Crippen molar-refractivity contribution in [3.63, 3.8) is 0 Å². The minimum atomic E-state index is -3.93. The number of nitrogens with one attached hydrogen (secondary N) is 2. The molecule has 0 spiro atoms. The average molecular weight is 546 g/mol. The molecule has 2 aliphatic rings. The quantitative estimate of drug-likeness (QED) is 0.369. The number of hydrogen-bond donors (Lipinski definition) is 2. The van der Waals surface area contributed by atoms with Crippen LogP contribution in [0.2, 0.25) is 0 Å². The summed E-state index contributed by atoms with van der Waals surface area (Å²) in [5, 5.41) is 3.17. The molecule has 1 aliphatic carbocycles. The Morgan fingerprint density at radius 1 is 1.22 bits per heavy atom. The Morgan fingerprint density at radius 3 is 2.57 bits per heavy atom. The number of carbonyl (C=O) groups excluding carboxylic acids is 2. The van der Waals surface area contributed by atoms with Gasteiger partial charge >= 0.3 is 7.52 Å². The van der Waals surface area contributed by atoms with Crippen LogP contribution in [0.25, 0.3) is 0 Å². The summed E-state index contributed by atoms with van der Waals surface area (Å²) in [6.07, 6.45) is 3.36. The van der Waals surface area contributed by atoms with Gasteiger partial charge in [-0.15, -0.1) is 0 Å². The van der Waals surface area contributed by atoms with E-state index in [-0.39, 0.29) is 22.6 Å². The summed E-state index contributed by atoms with van der Waals surface area (Å²) in [4.78, 5) is 27.8. The fourth-order valence-electron chi connectivity index (χ4n) is 4.93. The summed E-state index contributed by atoms with van der Waals surface area (Å²) in [7, 11) is -6.27. The van der Waals surface area contributed by atoms with Gasteiger partial charge < -0.3 is 9.84 Å². The molecule has 2 aromatic rings. The smallest absolute Gasteiger partial charge is 0.342 e. The zero-order valence-corrected chi connectivity index (χ0v) is 23.3. The Hall–Kier alpha value is -2.81. The van der Waals surface area contributed by atoms with Crippen LogP contribution in [0.4, 0.5) is 11.4 Å². The lowest BCUT2D eigenvalue weighted by Crippen LogP contribution is -2.51. The second kappa shape index (κ2) is 9.82.